The fourth-order valence-corrected chi connectivity index (χ4v) is 4.08. The maximum Gasteiger partial charge on any atom is 0.320 e. The quantitative estimate of drug-likeness (QED) is 0.604. The zero-order chi connectivity index (χ0) is 20.8. The highest BCUT2D eigenvalue weighted by Gasteiger charge is 2.32. The standard InChI is InChI=1S/C22H37N5O2/c1-4-5-14-29-22-24-20(23)18-15-19(28)27(21(18)25-22)13-9-17-7-11-26(12-8-17)10-6-16(2)3/h16-17H,4-15H2,1-3H3,(H2,23,24,25). The fourth-order valence-electron chi connectivity index (χ4n) is 4.08. The van der Waals surface area contributed by atoms with Crippen molar-refractivity contribution in [2.75, 3.05) is 43.4 Å². The van der Waals surface area contributed by atoms with Gasteiger partial charge in [-0.1, -0.05) is 27.2 Å². The second-order valence-corrected chi connectivity index (χ2v) is 8.87. The van der Waals surface area contributed by atoms with Gasteiger partial charge in [0.05, 0.1) is 13.0 Å². The number of amides is 1. The van der Waals surface area contributed by atoms with Crippen LogP contribution in [-0.2, 0) is 11.2 Å². The Morgan fingerprint density at radius 2 is 1.97 bits per heavy atom. The molecular formula is C22H37N5O2. The molecule has 2 aliphatic rings. The van der Waals surface area contributed by atoms with Gasteiger partial charge in [-0.2, -0.15) is 9.97 Å². The van der Waals surface area contributed by atoms with Crippen molar-refractivity contribution in [2.24, 2.45) is 11.8 Å². The van der Waals surface area contributed by atoms with Crippen LogP contribution in [0.5, 0.6) is 6.01 Å². The number of nitrogens with zero attached hydrogens (tertiary/aromatic N) is 4. The van der Waals surface area contributed by atoms with Gasteiger partial charge < -0.3 is 15.4 Å². The molecule has 1 aromatic heterocycles. The molecule has 3 heterocycles. The van der Waals surface area contributed by atoms with Crippen LogP contribution < -0.4 is 15.4 Å². The van der Waals surface area contributed by atoms with Crippen molar-refractivity contribution < 1.29 is 9.53 Å². The van der Waals surface area contributed by atoms with Crippen molar-refractivity contribution in [1.82, 2.24) is 14.9 Å². The van der Waals surface area contributed by atoms with E-state index < -0.39 is 0 Å². The molecule has 0 spiro atoms. The summed E-state index contributed by atoms with van der Waals surface area (Å²) in [4.78, 5) is 25.7. The van der Waals surface area contributed by atoms with Gasteiger partial charge in [-0.05, 0) is 63.6 Å². The number of ether oxygens (including phenoxy) is 1. The van der Waals surface area contributed by atoms with Crippen LogP contribution in [0, 0.1) is 11.8 Å². The summed E-state index contributed by atoms with van der Waals surface area (Å²) in [5, 5.41) is 0. The van der Waals surface area contributed by atoms with E-state index in [9.17, 15) is 4.79 Å². The summed E-state index contributed by atoms with van der Waals surface area (Å²) in [6.45, 7) is 11.5. The van der Waals surface area contributed by atoms with Crippen molar-refractivity contribution in [2.45, 2.75) is 65.7 Å². The molecule has 0 atom stereocenters. The largest absolute Gasteiger partial charge is 0.463 e. The van der Waals surface area contributed by atoms with E-state index in [0.717, 1.165) is 30.7 Å². The van der Waals surface area contributed by atoms with Crippen LogP contribution in [0.3, 0.4) is 0 Å². The van der Waals surface area contributed by atoms with E-state index in [1.165, 1.54) is 38.9 Å². The summed E-state index contributed by atoms with van der Waals surface area (Å²) in [7, 11) is 0. The lowest BCUT2D eigenvalue weighted by atomic mass is 9.93. The second-order valence-electron chi connectivity index (χ2n) is 8.87. The lowest BCUT2D eigenvalue weighted by molar-refractivity contribution is -0.117. The van der Waals surface area contributed by atoms with Gasteiger partial charge in [-0.25, -0.2) is 0 Å². The predicted octanol–water partition coefficient (Wildman–Crippen LogP) is 3.28. The second kappa shape index (κ2) is 10.2. The first-order valence-electron chi connectivity index (χ1n) is 11.3. The number of piperidine rings is 1. The third kappa shape index (κ3) is 5.81. The Bertz CT molecular complexity index is 686. The number of likely N-dealkylation sites (tertiary alicyclic amines) is 1. The number of carbonyl (C=O) groups excluding carboxylic acids is 1. The van der Waals surface area contributed by atoms with Crippen LogP contribution >= 0.6 is 0 Å². The van der Waals surface area contributed by atoms with Gasteiger partial charge in [-0.15, -0.1) is 0 Å². The van der Waals surface area contributed by atoms with E-state index in [1.807, 2.05) is 0 Å². The molecule has 1 saturated heterocycles. The van der Waals surface area contributed by atoms with Crippen molar-refractivity contribution in [3.05, 3.63) is 5.56 Å². The Morgan fingerprint density at radius 1 is 1.21 bits per heavy atom. The van der Waals surface area contributed by atoms with Crippen molar-refractivity contribution in [3.63, 3.8) is 0 Å². The Kier molecular flexibility index (Phi) is 7.70. The summed E-state index contributed by atoms with van der Waals surface area (Å²) in [5.41, 5.74) is 6.84. The van der Waals surface area contributed by atoms with E-state index in [4.69, 9.17) is 10.5 Å². The number of rotatable bonds is 10. The van der Waals surface area contributed by atoms with Crippen LogP contribution in [0.1, 0.15) is 64.9 Å². The third-order valence-electron chi connectivity index (χ3n) is 6.10. The Labute approximate surface area is 175 Å². The van der Waals surface area contributed by atoms with Gasteiger partial charge >= 0.3 is 6.01 Å². The zero-order valence-corrected chi connectivity index (χ0v) is 18.3. The molecule has 1 aromatic rings. The minimum Gasteiger partial charge on any atom is -0.463 e. The molecule has 7 heteroatoms. The predicted molar refractivity (Wildman–Crippen MR) is 116 cm³/mol. The number of hydrogen-bond acceptors (Lipinski definition) is 6. The van der Waals surface area contributed by atoms with E-state index in [2.05, 4.69) is 35.6 Å². The Hall–Kier alpha value is -1.89. The molecular weight excluding hydrogens is 366 g/mol. The van der Waals surface area contributed by atoms with E-state index in [-0.39, 0.29) is 11.9 Å². The molecule has 1 fully saturated rings. The van der Waals surface area contributed by atoms with Crippen molar-refractivity contribution >= 4 is 17.5 Å². The number of carbonyl (C=O) groups is 1. The first kappa shape index (κ1) is 21.8. The highest BCUT2D eigenvalue weighted by molar-refractivity contribution is 6.01. The van der Waals surface area contributed by atoms with Gasteiger partial charge in [0, 0.05) is 12.1 Å². The average molecular weight is 404 g/mol. The van der Waals surface area contributed by atoms with Gasteiger partial charge in [0.1, 0.15) is 11.6 Å². The maximum absolute atomic E-state index is 12.6. The molecule has 0 saturated carbocycles. The molecule has 3 rings (SSSR count). The Balaban J connectivity index is 1.54. The van der Waals surface area contributed by atoms with Crippen molar-refractivity contribution in [3.8, 4) is 6.01 Å². The van der Waals surface area contributed by atoms with Gasteiger partial charge in [0.2, 0.25) is 5.91 Å². The smallest absolute Gasteiger partial charge is 0.320 e. The van der Waals surface area contributed by atoms with Crippen molar-refractivity contribution in [1.29, 1.82) is 0 Å². The summed E-state index contributed by atoms with van der Waals surface area (Å²) >= 11 is 0. The lowest BCUT2D eigenvalue weighted by Gasteiger charge is -2.33. The number of fused-ring (bicyclic) bond motifs is 1. The maximum atomic E-state index is 12.6. The summed E-state index contributed by atoms with van der Waals surface area (Å²) in [5.74, 6) is 2.53. The molecule has 2 N–H and O–H groups in total. The molecule has 2 aliphatic heterocycles. The number of unbranched alkanes of at least 4 members (excludes halogenated alkanes) is 1. The Morgan fingerprint density at radius 3 is 2.66 bits per heavy atom. The molecule has 0 aliphatic carbocycles. The van der Waals surface area contributed by atoms with Crippen LogP contribution in [0.15, 0.2) is 0 Å². The van der Waals surface area contributed by atoms with Crippen LogP contribution in [0.25, 0.3) is 0 Å². The molecule has 7 nitrogen and oxygen atoms in total. The van der Waals surface area contributed by atoms with Gasteiger partial charge in [0.15, 0.2) is 0 Å². The first-order chi connectivity index (χ1) is 14.0. The van der Waals surface area contributed by atoms with E-state index in [0.29, 0.717) is 37.1 Å². The molecule has 0 aromatic carbocycles. The molecule has 0 unspecified atom stereocenters. The normalized spacial score (nSPS) is 17.9. The van der Waals surface area contributed by atoms with E-state index in [1.54, 1.807) is 4.90 Å². The highest BCUT2D eigenvalue weighted by atomic mass is 16.5. The number of nitrogens with two attached hydrogens (primary N) is 1. The SMILES string of the molecule is CCCCOc1nc(N)c2c(n1)N(CCC1CCN(CCC(C)C)CC1)C(=O)C2. The summed E-state index contributed by atoms with van der Waals surface area (Å²) in [6, 6.07) is 0.285. The zero-order valence-electron chi connectivity index (χ0n) is 18.3. The number of aromatic nitrogens is 2. The molecule has 29 heavy (non-hydrogen) atoms. The summed E-state index contributed by atoms with van der Waals surface area (Å²) < 4.78 is 5.64. The minimum absolute atomic E-state index is 0.0704. The average Bonchev–Trinajstić information content (AvgIpc) is 3.01. The molecule has 0 radical (unpaired) electrons. The van der Waals surface area contributed by atoms with Crippen LogP contribution in [-0.4, -0.2) is 53.6 Å². The monoisotopic (exact) mass is 403 g/mol. The molecule has 1 amide bonds. The fraction of sp³-hybridized carbons (Fsp3) is 0.773. The van der Waals surface area contributed by atoms with Gasteiger partial charge in [0.25, 0.3) is 0 Å². The minimum atomic E-state index is 0.0704. The van der Waals surface area contributed by atoms with Gasteiger partial charge in [-0.3, -0.25) is 9.69 Å². The first-order valence-corrected chi connectivity index (χ1v) is 11.3. The summed E-state index contributed by atoms with van der Waals surface area (Å²) in [6.07, 6.45) is 6.99. The van der Waals surface area contributed by atoms with Crippen LogP contribution in [0.4, 0.5) is 11.6 Å². The topological polar surface area (TPSA) is 84.6 Å². The molecule has 0 bridgehead atoms. The highest BCUT2D eigenvalue weighted by Crippen LogP contribution is 2.33. The lowest BCUT2D eigenvalue weighted by Crippen LogP contribution is -2.36. The number of nitrogen functional groups attached to an aromatic ring is 1. The number of anilines is 2. The van der Waals surface area contributed by atoms with Crippen LogP contribution in [0.2, 0.25) is 0 Å². The number of hydrogen-bond donors (Lipinski definition) is 1. The third-order valence-corrected chi connectivity index (χ3v) is 6.10. The van der Waals surface area contributed by atoms with E-state index >= 15 is 0 Å². The molecule has 162 valence electrons.